The van der Waals surface area contributed by atoms with Crippen LogP contribution in [0.5, 0.6) is 0 Å². The molecule has 1 aromatic carbocycles. The van der Waals surface area contributed by atoms with Gasteiger partial charge in [0, 0.05) is 29.4 Å². The summed E-state index contributed by atoms with van der Waals surface area (Å²) in [5.74, 6) is 0. The lowest BCUT2D eigenvalue weighted by atomic mass is 10.0. The Morgan fingerprint density at radius 1 is 1.35 bits per heavy atom. The Balaban J connectivity index is 1.39. The van der Waals surface area contributed by atoms with Crippen LogP contribution in [0.15, 0.2) is 48.0 Å². The number of amides is 2. The van der Waals surface area contributed by atoms with Crippen molar-refractivity contribution in [2.75, 3.05) is 6.61 Å². The number of aromatic nitrogens is 1. The molecular weight excluding hydrogens is 346 g/mol. The number of pyridine rings is 1. The van der Waals surface area contributed by atoms with Gasteiger partial charge in [0.15, 0.2) is 0 Å². The number of para-hydroxylation sites is 1. The van der Waals surface area contributed by atoms with Gasteiger partial charge in [0.1, 0.15) is 6.10 Å². The van der Waals surface area contributed by atoms with Crippen molar-refractivity contribution in [2.45, 2.75) is 32.0 Å². The molecule has 3 aromatic rings. The largest absolute Gasteiger partial charge is 0.371 e. The highest BCUT2D eigenvalue weighted by Gasteiger charge is 2.27. The predicted octanol–water partition coefficient (Wildman–Crippen LogP) is 3.80. The number of nitrogens with zero attached hydrogens (tertiary/aromatic N) is 1. The van der Waals surface area contributed by atoms with E-state index in [0.717, 1.165) is 22.9 Å². The van der Waals surface area contributed by atoms with E-state index in [-0.39, 0.29) is 18.2 Å². The smallest absolute Gasteiger partial charge is 0.315 e. The highest BCUT2D eigenvalue weighted by atomic mass is 32.1. The number of rotatable bonds is 4. The van der Waals surface area contributed by atoms with Gasteiger partial charge in [-0.25, -0.2) is 4.79 Å². The Labute approximate surface area is 156 Å². The third-order valence-electron chi connectivity index (χ3n) is 4.68. The first kappa shape index (κ1) is 17.0. The first-order valence-corrected chi connectivity index (χ1v) is 9.65. The fourth-order valence-electron chi connectivity index (χ4n) is 3.41. The van der Waals surface area contributed by atoms with Crippen molar-refractivity contribution in [3.63, 3.8) is 0 Å². The minimum absolute atomic E-state index is 0.0880. The lowest BCUT2D eigenvalue weighted by molar-refractivity contribution is 0.0233. The average molecular weight is 367 g/mol. The van der Waals surface area contributed by atoms with Gasteiger partial charge in [-0.2, -0.15) is 0 Å². The third kappa shape index (κ3) is 3.43. The van der Waals surface area contributed by atoms with E-state index in [1.54, 1.807) is 17.5 Å². The van der Waals surface area contributed by atoms with Gasteiger partial charge >= 0.3 is 6.03 Å². The Morgan fingerprint density at radius 2 is 2.23 bits per heavy atom. The van der Waals surface area contributed by atoms with Crippen LogP contribution in [-0.4, -0.2) is 23.7 Å². The summed E-state index contributed by atoms with van der Waals surface area (Å²) in [7, 11) is 0. The van der Waals surface area contributed by atoms with Crippen molar-refractivity contribution in [1.82, 2.24) is 15.6 Å². The molecule has 0 bridgehead atoms. The highest BCUT2D eigenvalue weighted by Crippen LogP contribution is 2.33. The predicted molar refractivity (Wildman–Crippen MR) is 103 cm³/mol. The van der Waals surface area contributed by atoms with Gasteiger partial charge < -0.3 is 15.4 Å². The van der Waals surface area contributed by atoms with Gasteiger partial charge in [-0.1, -0.05) is 24.3 Å². The first-order valence-electron chi connectivity index (χ1n) is 8.77. The van der Waals surface area contributed by atoms with E-state index < -0.39 is 0 Å². The van der Waals surface area contributed by atoms with Crippen LogP contribution in [0.3, 0.4) is 0 Å². The maximum atomic E-state index is 12.4. The van der Waals surface area contributed by atoms with Gasteiger partial charge in [0.05, 0.1) is 18.2 Å². The van der Waals surface area contributed by atoms with Gasteiger partial charge in [-0.3, -0.25) is 4.98 Å². The summed E-state index contributed by atoms with van der Waals surface area (Å²) in [6.45, 7) is 3.12. The molecule has 0 saturated carbocycles. The lowest BCUT2D eigenvalue weighted by Gasteiger charge is -2.29. The van der Waals surface area contributed by atoms with E-state index in [1.165, 1.54) is 10.4 Å². The monoisotopic (exact) mass is 367 g/mol. The quantitative estimate of drug-likeness (QED) is 0.737. The molecule has 2 N–H and O–H groups in total. The molecule has 2 unspecified atom stereocenters. The van der Waals surface area contributed by atoms with Crippen LogP contribution in [0.25, 0.3) is 10.9 Å². The van der Waals surface area contributed by atoms with Crippen LogP contribution in [0.1, 0.15) is 29.0 Å². The molecule has 1 aliphatic rings. The molecule has 2 atom stereocenters. The normalized spacial score (nSPS) is 17.5. The number of hydrogen-bond donors (Lipinski definition) is 2. The minimum Gasteiger partial charge on any atom is -0.371 e. The van der Waals surface area contributed by atoms with Crippen LogP contribution < -0.4 is 10.6 Å². The minimum atomic E-state index is -0.198. The van der Waals surface area contributed by atoms with Crippen LogP contribution in [0, 0.1) is 0 Å². The standard InChI is InChI=1S/C20H21N3O2S/c1-13(19-16-8-11-26-17(16)7-10-25-19)23-20(24)22-12-15-5-2-4-14-6-3-9-21-18(14)15/h2-6,8-9,11,13,19H,7,10,12H2,1H3,(H2,22,23,24). The zero-order valence-corrected chi connectivity index (χ0v) is 15.4. The van der Waals surface area contributed by atoms with Gasteiger partial charge in [0.2, 0.25) is 0 Å². The summed E-state index contributed by atoms with van der Waals surface area (Å²) >= 11 is 1.76. The molecule has 26 heavy (non-hydrogen) atoms. The molecule has 4 rings (SSSR count). The summed E-state index contributed by atoms with van der Waals surface area (Å²) in [4.78, 5) is 18.1. The Kier molecular flexibility index (Phi) is 4.86. The van der Waals surface area contributed by atoms with E-state index in [4.69, 9.17) is 4.74 Å². The molecule has 2 amide bonds. The second-order valence-corrected chi connectivity index (χ2v) is 7.45. The van der Waals surface area contributed by atoms with Crippen molar-refractivity contribution < 1.29 is 9.53 Å². The van der Waals surface area contributed by atoms with Gasteiger partial charge in [0.25, 0.3) is 0 Å². The Hall–Kier alpha value is -2.44. The summed E-state index contributed by atoms with van der Waals surface area (Å²) in [6.07, 6.45) is 2.64. The number of hydrogen-bond acceptors (Lipinski definition) is 4. The number of thiophene rings is 1. The van der Waals surface area contributed by atoms with Crippen LogP contribution in [0.4, 0.5) is 4.79 Å². The van der Waals surface area contributed by atoms with Crippen molar-refractivity contribution in [3.05, 3.63) is 64.0 Å². The van der Waals surface area contributed by atoms with Crippen molar-refractivity contribution >= 4 is 28.3 Å². The van der Waals surface area contributed by atoms with E-state index in [9.17, 15) is 4.79 Å². The molecule has 3 heterocycles. The zero-order chi connectivity index (χ0) is 17.9. The number of benzene rings is 1. The summed E-state index contributed by atoms with van der Waals surface area (Å²) in [5, 5.41) is 9.10. The molecule has 0 saturated heterocycles. The van der Waals surface area contributed by atoms with Crippen molar-refractivity contribution in [3.8, 4) is 0 Å². The number of carbonyl (C=O) groups is 1. The van der Waals surface area contributed by atoms with E-state index in [2.05, 4.69) is 27.1 Å². The molecule has 134 valence electrons. The van der Waals surface area contributed by atoms with E-state index >= 15 is 0 Å². The Morgan fingerprint density at radius 3 is 3.15 bits per heavy atom. The molecule has 0 fully saturated rings. The molecule has 2 aromatic heterocycles. The third-order valence-corrected chi connectivity index (χ3v) is 5.68. The zero-order valence-electron chi connectivity index (χ0n) is 14.6. The average Bonchev–Trinajstić information content (AvgIpc) is 3.15. The number of urea groups is 1. The highest BCUT2D eigenvalue weighted by molar-refractivity contribution is 7.10. The second kappa shape index (κ2) is 7.43. The van der Waals surface area contributed by atoms with Gasteiger partial charge in [-0.15, -0.1) is 11.3 Å². The van der Waals surface area contributed by atoms with Gasteiger partial charge in [-0.05, 0) is 35.6 Å². The summed E-state index contributed by atoms with van der Waals surface area (Å²) in [6, 6.07) is 11.7. The molecule has 6 heteroatoms. The van der Waals surface area contributed by atoms with E-state index in [1.807, 2.05) is 37.3 Å². The van der Waals surface area contributed by atoms with Crippen molar-refractivity contribution in [2.24, 2.45) is 0 Å². The topological polar surface area (TPSA) is 63.2 Å². The van der Waals surface area contributed by atoms with Crippen molar-refractivity contribution in [1.29, 1.82) is 0 Å². The van der Waals surface area contributed by atoms with Crippen LogP contribution in [-0.2, 0) is 17.7 Å². The van der Waals surface area contributed by atoms with E-state index in [0.29, 0.717) is 13.2 Å². The Bertz CT molecular complexity index is 919. The number of fused-ring (bicyclic) bond motifs is 2. The molecule has 1 aliphatic heterocycles. The fraction of sp³-hybridized carbons (Fsp3) is 0.300. The van der Waals surface area contributed by atoms with Crippen LogP contribution >= 0.6 is 11.3 Å². The van der Waals surface area contributed by atoms with Crippen LogP contribution in [0.2, 0.25) is 0 Å². The maximum absolute atomic E-state index is 12.4. The lowest BCUT2D eigenvalue weighted by Crippen LogP contribution is -2.44. The number of carbonyl (C=O) groups excluding carboxylic acids is 1. The molecule has 0 radical (unpaired) electrons. The maximum Gasteiger partial charge on any atom is 0.315 e. The summed E-state index contributed by atoms with van der Waals surface area (Å²) in [5.41, 5.74) is 3.12. The second-order valence-electron chi connectivity index (χ2n) is 6.45. The molecule has 0 spiro atoms. The number of nitrogens with one attached hydrogen (secondary N) is 2. The molecule has 5 nitrogen and oxygen atoms in total. The molecular formula is C20H21N3O2S. The first-order chi connectivity index (χ1) is 12.7. The summed E-state index contributed by atoms with van der Waals surface area (Å²) < 4.78 is 5.90. The SMILES string of the molecule is CC(NC(=O)NCc1cccc2cccnc12)C1OCCc2sccc21. The molecule has 0 aliphatic carbocycles. The fourth-order valence-corrected chi connectivity index (χ4v) is 4.31. The number of ether oxygens (including phenoxy) is 1.